The molecule has 3 aliphatic rings. The van der Waals surface area contributed by atoms with Gasteiger partial charge >= 0.3 is 11.9 Å². The van der Waals surface area contributed by atoms with Crippen LogP contribution in [0, 0.1) is 23.7 Å². The summed E-state index contributed by atoms with van der Waals surface area (Å²) >= 11 is 0. The molecule has 1 aromatic carbocycles. The number of benzene rings is 1. The van der Waals surface area contributed by atoms with Gasteiger partial charge in [0, 0.05) is 13.2 Å². The van der Waals surface area contributed by atoms with Crippen molar-refractivity contribution < 1.29 is 34.0 Å². The Labute approximate surface area is 214 Å². The standard InChI is InChI=1S/C29H42O7/c1-2-3-4-7-22(36-29(33)19-11-13-34-14-12-19)9-10-23-24-15-20-6-5-8-27(35-18-28(31)32)25(20)16-21(24)17-26(23)30/h5-6,8,19,21-24,26,30H,2-4,7,9-18H2,1H3,(H,31,32)/t21-,22-,23+,24-,26+/m0/s1. The molecule has 0 spiro atoms. The molecule has 0 unspecified atom stereocenters. The van der Waals surface area contributed by atoms with Gasteiger partial charge in [-0.3, -0.25) is 4.79 Å². The van der Waals surface area contributed by atoms with Crippen molar-refractivity contribution in [1.82, 2.24) is 0 Å². The van der Waals surface area contributed by atoms with E-state index in [-0.39, 0.29) is 36.6 Å². The van der Waals surface area contributed by atoms with Crippen LogP contribution >= 0.6 is 0 Å². The summed E-state index contributed by atoms with van der Waals surface area (Å²) in [5, 5.41) is 20.0. The van der Waals surface area contributed by atoms with Crippen LogP contribution in [-0.4, -0.2) is 54.2 Å². The van der Waals surface area contributed by atoms with Crippen molar-refractivity contribution in [1.29, 1.82) is 0 Å². The lowest BCUT2D eigenvalue weighted by Crippen LogP contribution is -2.31. The fraction of sp³-hybridized carbons (Fsp3) is 0.724. The van der Waals surface area contributed by atoms with Gasteiger partial charge in [-0.25, -0.2) is 4.79 Å². The van der Waals surface area contributed by atoms with Crippen molar-refractivity contribution in [2.45, 2.75) is 89.8 Å². The molecule has 0 radical (unpaired) electrons. The van der Waals surface area contributed by atoms with E-state index in [4.69, 9.17) is 19.3 Å². The van der Waals surface area contributed by atoms with E-state index in [2.05, 4.69) is 13.0 Å². The van der Waals surface area contributed by atoms with E-state index in [0.29, 0.717) is 30.8 Å². The molecule has 2 aliphatic carbocycles. The van der Waals surface area contributed by atoms with Crippen LogP contribution in [-0.2, 0) is 31.9 Å². The SMILES string of the molecule is CCCCC[C@@H](CC[C@@H]1[C@H]2Cc3cccc(OCC(=O)O)c3C[C@H]2C[C@H]1O)OC(=O)C1CCOCC1. The number of esters is 1. The summed E-state index contributed by atoms with van der Waals surface area (Å²) in [6.45, 7) is 3.09. The van der Waals surface area contributed by atoms with Gasteiger partial charge in [0.1, 0.15) is 11.9 Å². The smallest absolute Gasteiger partial charge is 0.341 e. The molecule has 4 rings (SSSR count). The number of aliphatic carboxylic acids is 1. The van der Waals surface area contributed by atoms with Crippen LogP contribution in [0.2, 0.25) is 0 Å². The molecule has 1 saturated heterocycles. The average Bonchev–Trinajstić information content (AvgIpc) is 3.18. The second kappa shape index (κ2) is 12.9. The highest BCUT2D eigenvalue weighted by atomic mass is 16.5. The number of ether oxygens (including phenoxy) is 3. The summed E-state index contributed by atoms with van der Waals surface area (Å²) in [6, 6.07) is 5.87. The normalized spacial score (nSPS) is 26.6. The van der Waals surface area contributed by atoms with Crippen LogP contribution in [0.5, 0.6) is 5.75 Å². The van der Waals surface area contributed by atoms with Crippen LogP contribution in [0.4, 0.5) is 0 Å². The minimum Gasteiger partial charge on any atom is -0.482 e. The second-order valence-corrected chi connectivity index (χ2v) is 10.9. The molecule has 7 nitrogen and oxygen atoms in total. The molecule has 5 atom stereocenters. The third kappa shape index (κ3) is 6.80. The number of hydrogen-bond donors (Lipinski definition) is 2. The summed E-state index contributed by atoms with van der Waals surface area (Å²) in [6.07, 6.45) is 9.29. The van der Waals surface area contributed by atoms with Gasteiger partial charge in [0.2, 0.25) is 0 Å². The highest BCUT2D eigenvalue weighted by Crippen LogP contribution is 2.48. The topological polar surface area (TPSA) is 102 Å². The number of carbonyl (C=O) groups is 2. The third-order valence-electron chi connectivity index (χ3n) is 8.49. The lowest BCUT2D eigenvalue weighted by Gasteiger charge is -2.33. The second-order valence-electron chi connectivity index (χ2n) is 10.9. The van der Waals surface area contributed by atoms with Gasteiger partial charge in [-0.2, -0.15) is 0 Å². The van der Waals surface area contributed by atoms with E-state index in [1.807, 2.05) is 12.1 Å². The van der Waals surface area contributed by atoms with Crippen LogP contribution < -0.4 is 4.74 Å². The first-order chi connectivity index (χ1) is 17.5. The first-order valence-corrected chi connectivity index (χ1v) is 13.9. The molecular formula is C29H42O7. The largest absolute Gasteiger partial charge is 0.482 e. The highest BCUT2D eigenvalue weighted by molar-refractivity contribution is 5.72. The van der Waals surface area contributed by atoms with Gasteiger partial charge in [-0.15, -0.1) is 0 Å². The Morgan fingerprint density at radius 2 is 1.94 bits per heavy atom. The van der Waals surface area contributed by atoms with Crippen molar-refractivity contribution in [2.75, 3.05) is 19.8 Å². The molecule has 0 bridgehead atoms. The van der Waals surface area contributed by atoms with Crippen molar-refractivity contribution >= 4 is 11.9 Å². The summed E-state index contributed by atoms with van der Waals surface area (Å²) < 4.78 is 17.0. The molecule has 200 valence electrons. The number of carboxylic acids is 1. The summed E-state index contributed by atoms with van der Waals surface area (Å²) in [4.78, 5) is 23.8. The van der Waals surface area contributed by atoms with Gasteiger partial charge in [-0.05, 0) is 92.7 Å². The first-order valence-electron chi connectivity index (χ1n) is 13.9. The zero-order valence-corrected chi connectivity index (χ0v) is 21.5. The van der Waals surface area contributed by atoms with Crippen molar-refractivity contribution in [2.24, 2.45) is 23.7 Å². The molecule has 0 aromatic heterocycles. The molecule has 36 heavy (non-hydrogen) atoms. The van der Waals surface area contributed by atoms with Gasteiger partial charge in [0.25, 0.3) is 0 Å². The molecule has 0 amide bonds. The molecular weight excluding hydrogens is 460 g/mol. The minimum absolute atomic E-state index is 0.0544. The van der Waals surface area contributed by atoms with Gasteiger partial charge in [-0.1, -0.05) is 31.9 Å². The molecule has 7 heteroatoms. The minimum atomic E-state index is -0.983. The third-order valence-corrected chi connectivity index (χ3v) is 8.49. The Morgan fingerprint density at radius 3 is 2.69 bits per heavy atom. The van der Waals surface area contributed by atoms with E-state index in [1.165, 1.54) is 5.56 Å². The first kappa shape index (κ1) is 26.9. The van der Waals surface area contributed by atoms with Crippen LogP contribution in [0.15, 0.2) is 18.2 Å². The van der Waals surface area contributed by atoms with Crippen LogP contribution in [0.25, 0.3) is 0 Å². The van der Waals surface area contributed by atoms with E-state index < -0.39 is 5.97 Å². The maximum Gasteiger partial charge on any atom is 0.341 e. The lowest BCUT2D eigenvalue weighted by atomic mass is 9.73. The van der Waals surface area contributed by atoms with E-state index in [9.17, 15) is 14.7 Å². The number of aliphatic hydroxyl groups excluding tert-OH is 1. The summed E-state index contributed by atoms with van der Waals surface area (Å²) in [5.41, 5.74) is 2.29. The molecule has 2 fully saturated rings. The number of carbonyl (C=O) groups excluding carboxylic acids is 1. The number of hydrogen-bond acceptors (Lipinski definition) is 6. The highest BCUT2D eigenvalue weighted by Gasteiger charge is 2.45. The molecule has 1 aromatic rings. The number of rotatable bonds is 12. The summed E-state index contributed by atoms with van der Waals surface area (Å²) in [5.74, 6) is 0.458. The van der Waals surface area contributed by atoms with Crippen molar-refractivity contribution in [3.8, 4) is 5.75 Å². The monoisotopic (exact) mass is 502 g/mol. The fourth-order valence-corrected chi connectivity index (χ4v) is 6.54. The number of fused-ring (bicyclic) bond motifs is 2. The van der Waals surface area contributed by atoms with Crippen LogP contribution in [0.1, 0.15) is 75.8 Å². The molecule has 2 N–H and O–H groups in total. The Kier molecular flexibility index (Phi) is 9.66. The molecule has 1 saturated carbocycles. The van der Waals surface area contributed by atoms with Crippen LogP contribution in [0.3, 0.4) is 0 Å². The van der Waals surface area contributed by atoms with Gasteiger partial charge in [0.05, 0.1) is 12.0 Å². The van der Waals surface area contributed by atoms with E-state index >= 15 is 0 Å². The Balaban J connectivity index is 1.38. The lowest BCUT2D eigenvalue weighted by molar-refractivity contribution is -0.158. The zero-order chi connectivity index (χ0) is 25.5. The number of carboxylic acid groups (broad SMARTS) is 1. The van der Waals surface area contributed by atoms with E-state index in [1.54, 1.807) is 0 Å². The van der Waals surface area contributed by atoms with E-state index in [0.717, 1.165) is 76.2 Å². The quantitative estimate of drug-likeness (QED) is 0.319. The average molecular weight is 503 g/mol. The number of unbranched alkanes of at least 4 members (excludes halogenated alkanes) is 2. The predicted molar refractivity (Wildman–Crippen MR) is 135 cm³/mol. The summed E-state index contributed by atoms with van der Waals surface area (Å²) in [7, 11) is 0. The fourth-order valence-electron chi connectivity index (χ4n) is 6.54. The van der Waals surface area contributed by atoms with Gasteiger partial charge < -0.3 is 24.4 Å². The number of aliphatic hydroxyl groups is 1. The Morgan fingerprint density at radius 1 is 1.14 bits per heavy atom. The molecule has 1 heterocycles. The molecule has 1 aliphatic heterocycles. The Hall–Kier alpha value is -2.12. The Bertz CT molecular complexity index is 878. The zero-order valence-electron chi connectivity index (χ0n) is 21.5. The maximum atomic E-state index is 12.8. The van der Waals surface area contributed by atoms with Crippen molar-refractivity contribution in [3.63, 3.8) is 0 Å². The maximum absolute atomic E-state index is 12.8. The van der Waals surface area contributed by atoms with Crippen molar-refractivity contribution in [3.05, 3.63) is 29.3 Å². The van der Waals surface area contributed by atoms with Gasteiger partial charge in [0.15, 0.2) is 6.61 Å². The predicted octanol–water partition coefficient (Wildman–Crippen LogP) is 4.56.